The molecule has 1 rings (SSSR count). The summed E-state index contributed by atoms with van der Waals surface area (Å²) < 4.78 is 0. The van der Waals surface area contributed by atoms with Gasteiger partial charge in [0.1, 0.15) is 0 Å². The standard InChI is InChI=1S/C15H27N3/c1-12-7-6-8-14(13(12)2)15(11-16)18(5)10-9-17(3)4/h6-8,15H,9-11,16H2,1-5H3. The Balaban J connectivity index is 2.85. The van der Waals surface area contributed by atoms with Crippen LogP contribution in [-0.2, 0) is 0 Å². The van der Waals surface area contributed by atoms with Crippen LogP contribution in [0.15, 0.2) is 18.2 Å². The summed E-state index contributed by atoms with van der Waals surface area (Å²) in [5.41, 5.74) is 10.0. The van der Waals surface area contributed by atoms with Gasteiger partial charge < -0.3 is 10.6 Å². The number of hydrogen-bond acceptors (Lipinski definition) is 3. The predicted molar refractivity (Wildman–Crippen MR) is 78.9 cm³/mol. The summed E-state index contributed by atoms with van der Waals surface area (Å²) in [6.07, 6.45) is 0. The quantitative estimate of drug-likeness (QED) is 0.834. The molecule has 0 radical (unpaired) electrons. The van der Waals surface area contributed by atoms with Crippen molar-refractivity contribution in [1.82, 2.24) is 9.80 Å². The first-order valence-corrected chi connectivity index (χ1v) is 6.58. The molecule has 102 valence electrons. The number of rotatable bonds is 6. The molecule has 2 N–H and O–H groups in total. The molecule has 0 heterocycles. The first kappa shape index (κ1) is 15.2. The van der Waals surface area contributed by atoms with Crippen LogP contribution >= 0.6 is 0 Å². The SMILES string of the molecule is Cc1cccc(C(CN)N(C)CCN(C)C)c1C. The molecule has 1 aromatic carbocycles. The van der Waals surface area contributed by atoms with Gasteiger partial charge in [0.15, 0.2) is 0 Å². The van der Waals surface area contributed by atoms with Gasteiger partial charge in [-0.3, -0.25) is 4.90 Å². The Bertz CT molecular complexity index is 374. The second kappa shape index (κ2) is 6.88. The Morgan fingerprint density at radius 2 is 1.78 bits per heavy atom. The summed E-state index contributed by atoms with van der Waals surface area (Å²) in [4.78, 5) is 4.55. The molecule has 0 fully saturated rings. The zero-order chi connectivity index (χ0) is 13.7. The highest BCUT2D eigenvalue weighted by Gasteiger charge is 2.17. The number of benzene rings is 1. The van der Waals surface area contributed by atoms with E-state index in [0.717, 1.165) is 13.1 Å². The van der Waals surface area contributed by atoms with Crippen LogP contribution in [-0.4, -0.2) is 50.6 Å². The predicted octanol–water partition coefficient (Wildman–Crippen LogP) is 1.80. The van der Waals surface area contributed by atoms with Gasteiger partial charge in [-0.2, -0.15) is 0 Å². The normalized spacial score (nSPS) is 13.3. The summed E-state index contributed by atoms with van der Waals surface area (Å²) in [6.45, 7) is 7.09. The lowest BCUT2D eigenvalue weighted by atomic mass is 9.96. The van der Waals surface area contributed by atoms with Gasteiger partial charge in [-0.15, -0.1) is 0 Å². The van der Waals surface area contributed by atoms with Crippen LogP contribution < -0.4 is 5.73 Å². The minimum absolute atomic E-state index is 0.310. The third-order valence-corrected chi connectivity index (χ3v) is 3.66. The van der Waals surface area contributed by atoms with E-state index in [1.54, 1.807) is 0 Å². The van der Waals surface area contributed by atoms with Crippen molar-refractivity contribution in [2.45, 2.75) is 19.9 Å². The van der Waals surface area contributed by atoms with E-state index in [1.165, 1.54) is 16.7 Å². The summed E-state index contributed by atoms with van der Waals surface area (Å²) in [6, 6.07) is 6.79. The van der Waals surface area contributed by atoms with Gasteiger partial charge in [-0.05, 0) is 51.7 Å². The van der Waals surface area contributed by atoms with Crippen molar-refractivity contribution in [2.75, 3.05) is 40.8 Å². The molecule has 0 aliphatic rings. The van der Waals surface area contributed by atoms with E-state index >= 15 is 0 Å². The molecule has 0 saturated heterocycles. The van der Waals surface area contributed by atoms with Crippen LogP contribution in [0.1, 0.15) is 22.7 Å². The fourth-order valence-corrected chi connectivity index (χ4v) is 2.19. The van der Waals surface area contributed by atoms with Crippen molar-refractivity contribution >= 4 is 0 Å². The molecule has 1 aromatic rings. The maximum Gasteiger partial charge on any atom is 0.0470 e. The summed E-state index contributed by atoms with van der Waals surface area (Å²) in [5, 5.41) is 0. The first-order chi connectivity index (χ1) is 8.47. The van der Waals surface area contributed by atoms with Gasteiger partial charge >= 0.3 is 0 Å². The van der Waals surface area contributed by atoms with E-state index in [9.17, 15) is 0 Å². The highest BCUT2D eigenvalue weighted by molar-refractivity contribution is 5.35. The maximum absolute atomic E-state index is 5.98. The minimum Gasteiger partial charge on any atom is -0.329 e. The van der Waals surface area contributed by atoms with Crippen LogP contribution in [0.25, 0.3) is 0 Å². The largest absolute Gasteiger partial charge is 0.329 e. The number of aryl methyl sites for hydroxylation is 1. The lowest BCUT2D eigenvalue weighted by Crippen LogP contribution is -2.35. The van der Waals surface area contributed by atoms with Gasteiger partial charge in [0.05, 0.1) is 0 Å². The smallest absolute Gasteiger partial charge is 0.0470 e. The van der Waals surface area contributed by atoms with Crippen molar-refractivity contribution in [1.29, 1.82) is 0 Å². The molecule has 0 aliphatic carbocycles. The minimum atomic E-state index is 0.310. The van der Waals surface area contributed by atoms with Gasteiger partial charge in [-0.1, -0.05) is 18.2 Å². The van der Waals surface area contributed by atoms with Crippen LogP contribution in [0.3, 0.4) is 0 Å². The van der Waals surface area contributed by atoms with Crippen molar-refractivity contribution in [3.8, 4) is 0 Å². The lowest BCUT2D eigenvalue weighted by molar-refractivity contribution is 0.222. The molecule has 3 nitrogen and oxygen atoms in total. The van der Waals surface area contributed by atoms with Crippen LogP contribution in [0, 0.1) is 13.8 Å². The van der Waals surface area contributed by atoms with E-state index in [2.05, 4.69) is 63.0 Å². The molecule has 1 atom stereocenters. The Morgan fingerprint density at radius 3 is 2.33 bits per heavy atom. The van der Waals surface area contributed by atoms with Crippen LogP contribution in [0.2, 0.25) is 0 Å². The van der Waals surface area contributed by atoms with Crippen LogP contribution in [0.4, 0.5) is 0 Å². The Hall–Kier alpha value is -0.900. The molecule has 18 heavy (non-hydrogen) atoms. The molecule has 0 amide bonds. The topological polar surface area (TPSA) is 32.5 Å². The molecule has 0 bridgehead atoms. The fourth-order valence-electron chi connectivity index (χ4n) is 2.19. The number of nitrogens with zero attached hydrogens (tertiary/aromatic N) is 2. The number of likely N-dealkylation sites (N-methyl/N-ethyl adjacent to an activating group) is 2. The average molecular weight is 249 g/mol. The molecular formula is C15H27N3. The van der Waals surface area contributed by atoms with E-state index in [4.69, 9.17) is 5.73 Å². The van der Waals surface area contributed by atoms with Crippen LogP contribution in [0.5, 0.6) is 0 Å². The van der Waals surface area contributed by atoms with Gasteiger partial charge in [0.2, 0.25) is 0 Å². The highest BCUT2D eigenvalue weighted by atomic mass is 15.2. The van der Waals surface area contributed by atoms with E-state index in [0.29, 0.717) is 12.6 Å². The van der Waals surface area contributed by atoms with E-state index in [-0.39, 0.29) is 0 Å². The molecule has 3 heteroatoms. The number of nitrogens with two attached hydrogens (primary N) is 1. The van der Waals surface area contributed by atoms with Gasteiger partial charge in [0, 0.05) is 25.7 Å². The Kier molecular flexibility index (Phi) is 5.79. The second-order valence-corrected chi connectivity index (χ2v) is 5.32. The van der Waals surface area contributed by atoms with E-state index in [1.807, 2.05) is 0 Å². The molecule has 0 aliphatic heterocycles. The van der Waals surface area contributed by atoms with Crippen molar-refractivity contribution in [3.63, 3.8) is 0 Å². The number of hydrogen-bond donors (Lipinski definition) is 1. The van der Waals surface area contributed by atoms with Crippen molar-refractivity contribution in [3.05, 3.63) is 34.9 Å². The summed E-state index contributed by atoms with van der Waals surface area (Å²) in [5.74, 6) is 0. The van der Waals surface area contributed by atoms with E-state index < -0.39 is 0 Å². The van der Waals surface area contributed by atoms with Gasteiger partial charge in [-0.25, -0.2) is 0 Å². The third-order valence-electron chi connectivity index (χ3n) is 3.66. The highest BCUT2D eigenvalue weighted by Crippen LogP contribution is 2.23. The fraction of sp³-hybridized carbons (Fsp3) is 0.600. The zero-order valence-corrected chi connectivity index (χ0v) is 12.4. The van der Waals surface area contributed by atoms with Crippen molar-refractivity contribution < 1.29 is 0 Å². The Morgan fingerprint density at radius 1 is 1.11 bits per heavy atom. The molecule has 0 saturated carbocycles. The zero-order valence-electron chi connectivity index (χ0n) is 12.4. The summed E-state index contributed by atoms with van der Waals surface area (Å²) in [7, 11) is 6.36. The average Bonchev–Trinajstić information content (AvgIpc) is 2.32. The molecule has 1 unspecified atom stereocenters. The monoisotopic (exact) mass is 249 g/mol. The Labute approximate surface area is 112 Å². The van der Waals surface area contributed by atoms with Crippen molar-refractivity contribution in [2.24, 2.45) is 5.73 Å². The maximum atomic E-state index is 5.98. The molecule has 0 spiro atoms. The second-order valence-electron chi connectivity index (χ2n) is 5.32. The van der Waals surface area contributed by atoms with Gasteiger partial charge in [0.25, 0.3) is 0 Å². The molecular weight excluding hydrogens is 222 g/mol. The first-order valence-electron chi connectivity index (χ1n) is 6.58. The molecule has 0 aromatic heterocycles. The third kappa shape index (κ3) is 3.80. The lowest BCUT2D eigenvalue weighted by Gasteiger charge is -2.30. The summed E-state index contributed by atoms with van der Waals surface area (Å²) >= 11 is 0.